The van der Waals surface area contributed by atoms with Gasteiger partial charge in [0.1, 0.15) is 0 Å². The molecule has 0 spiro atoms. The van der Waals surface area contributed by atoms with Gasteiger partial charge in [0.05, 0.1) is 11.5 Å². The Balaban J connectivity index is 1.99. The molecule has 1 amide bonds. The average Bonchev–Trinajstić information content (AvgIpc) is 2.50. The van der Waals surface area contributed by atoms with Gasteiger partial charge in [0, 0.05) is 18.5 Å². The minimum atomic E-state index is -0.517. The maximum atomic E-state index is 12.6. The zero-order chi connectivity index (χ0) is 15.0. The third kappa shape index (κ3) is 2.42. The molecule has 2 aromatic rings. The Kier molecular flexibility index (Phi) is 3.47. The van der Waals surface area contributed by atoms with Gasteiger partial charge >= 0.3 is 0 Å². The number of nitrogens with zero attached hydrogens (tertiary/aromatic N) is 2. The molecule has 1 aliphatic rings. The summed E-state index contributed by atoms with van der Waals surface area (Å²) in [7, 11) is 0. The first-order valence-corrected chi connectivity index (χ1v) is 7.02. The highest BCUT2D eigenvalue weighted by Gasteiger charge is 2.29. The summed E-state index contributed by atoms with van der Waals surface area (Å²) >= 11 is 0. The third-order valence-electron chi connectivity index (χ3n) is 4.10. The van der Waals surface area contributed by atoms with Crippen molar-refractivity contribution >= 4 is 16.7 Å². The van der Waals surface area contributed by atoms with Crippen molar-refractivity contribution in [3.05, 3.63) is 40.3 Å². The number of piperidine rings is 1. The molecule has 1 fully saturated rings. The molecule has 1 aromatic heterocycles. The molecule has 2 unspecified atom stereocenters. The Morgan fingerprint density at radius 1 is 1.38 bits per heavy atom. The van der Waals surface area contributed by atoms with E-state index in [1.54, 1.807) is 29.2 Å². The van der Waals surface area contributed by atoms with Gasteiger partial charge in [-0.3, -0.25) is 9.59 Å². The molecule has 2 N–H and O–H groups in total. The maximum Gasteiger partial charge on any atom is 0.275 e. The standard InChI is InChI=1S/C15H17N3O3/c1-9-6-7-18(8-12(9)19)15(21)13-10-4-2-3-5-11(10)14(20)17-16-13/h2-5,9,12,19H,6-8H2,1H3,(H,17,20). The first-order chi connectivity index (χ1) is 10.1. The number of rotatable bonds is 1. The average molecular weight is 287 g/mol. The summed E-state index contributed by atoms with van der Waals surface area (Å²) in [6.07, 6.45) is 0.241. The molecular formula is C15H17N3O3. The number of aromatic nitrogens is 2. The molecular weight excluding hydrogens is 270 g/mol. The Morgan fingerprint density at radius 2 is 2.10 bits per heavy atom. The van der Waals surface area contributed by atoms with Crippen molar-refractivity contribution < 1.29 is 9.90 Å². The van der Waals surface area contributed by atoms with Crippen LogP contribution in [0.4, 0.5) is 0 Å². The van der Waals surface area contributed by atoms with Crippen LogP contribution in [0.15, 0.2) is 29.1 Å². The number of aliphatic hydroxyl groups is 1. The van der Waals surface area contributed by atoms with Crippen LogP contribution in [0.5, 0.6) is 0 Å². The van der Waals surface area contributed by atoms with E-state index in [4.69, 9.17) is 0 Å². The first kappa shape index (κ1) is 13.8. The minimum Gasteiger partial charge on any atom is -0.391 e. The van der Waals surface area contributed by atoms with Gasteiger partial charge in [-0.15, -0.1) is 0 Å². The quantitative estimate of drug-likeness (QED) is 0.811. The molecule has 0 radical (unpaired) electrons. The summed E-state index contributed by atoms with van der Waals surface area (Å²) in [5, 5.41) is 17.2. The Hall–Kier alpha value is -2.21. The highest BCUT2D eigenvalue weighted by atomic mass is 16.3. The van der Waals surface area contributed by atoms with Crippen LogP contribution in [-0.4, -0.2) is 45.3 Å². The van der Waals surface area contributed by atoms with E-state index in [0.717, 1.165) is 6.42 Å². The monoisotopic (exact) mass is 287 g/mol. The molecule has 6 nitrogen and oxygen atoms in total. The second-order valence-corrected chi connectivity index (χ2v) is 5.53. The topological polar surface area (TPSA) is 86.3 Å². The molecule has 2 atom stereocenters. The molecule has 3 rings (SSSR count). The van der Waals surface area contributed by atoms with Crippen molar-refractivity contribution in [1.82, 2.24) is 15.1 Å². The first-order valence-electron chi connectivity index (χ1n) is 7.02. The number of aliphatic hydroxyl groups excluding tert-OH is 1. The van der Waals surface area contributed by atoms with Gasteiger partial charge < -0.3 is 10.0 Å². The number of fused-ring (bicyclic) bond motifs is 1. The summed E-state index contributed by atoms with van der Waals surface area (Å²) in [6, 6.07) is 6.90. The SMILES string of the molecule is CC1CCN(C(=O)c2n[nH]c(=O)c3ccccc23)CC1O. The lowest BCUT2D eigenvalue weighted by Crippen LogP contribution is -2.46. The van der Waals surface area contributed by atoms with Crippen molar-refractivity contribution in [3.8, 4) is 0 Å². The van der Waals surface area contributed by atoms with Gasteiger partial charge in [-0.1, -0.05) is 25.1 Å². The van der Waals surface area contributed by atoms with Crippen LogP contribution in [0.2, 0.25) is 0 Å². The second-order valence-electron chi connectivity index (χ2n) is 5.53. The van der Waals surface area contributed by atoms with Crippen LogP contribution in [0.1, 0.15) is 23.8 Å². The number of β-amino-alcohol motifs (C(OH)–C–C–N with tert-alkyl or cyclic N) is 1. The Morgan fingerprint density at radius 3 is 2.81 bits per heavy atom. The van der Waals surface area contributed by atoms with Crippen LogP contribution in [0.25, 0.3) is 10.8 Å². The summed E-state index contributed by atoms with van der Waals surface area (Å²) in [5.74, 6) is -0.0669. The highest BCUT2D eigenvalue weighted by Crippen LogP contribution is 2.20. The van der Waals surface area contributed by atoms with Crippen molar-refractivity contribution in [2.24, 2.45) is 5.92 Å². The van der Waals surface area contributed by atoms with E-state index in [1.165, 1.54) is 0 Å². The van der Waals surface area contributed by atoms with Crippen molar-refractivity contribution in [3.63, 3.8) is 0 Å². The van der Waals surface area contributed by atoms with Crippen LogP contribution in [0, 0.1) is 5.92 Å². The predicted octanol–water partition coefficient (Wildman–Crippen LogP) is 0.766. The summed E-state index contributed by atoms with van der Waals surface area (Å²) < 4.78 is 0. The van der Waals surface area contributed by atoms with E-state index in [2.05, 4.69) is 10.2 Å². The van der Waals surface area contributed by atoms with Gasteiger partial charge in [-0.2, -0.15) is 5.10 Å². The molecule has 21 heavy (non-hydrogen) atoms. The van der Waals surface area contributed by atoms with Gasteiger partial charge in [0.25, 0.3) is 11.5 Å². The molecule has 110 valence electrons. The number of nitrogens with one attached hydrogen (secondary N) is 1. The van der Waals surface area contributed by atoms with Gasteiger partial charge in [0.2, 0.25) is 0 Å². The van der Waals surface area contributed by atoms with Gasteiger partial charge in [-0.05, 0) is 18.4 Å². The van der Waals surface area contributed by atoms with E-state index in [0.29, 0.717) is 23.9 Å². The summed E-state index contributed by atoms with van der Waals surface area (Å²) in [4.78, 5) is 25.9. The molecule has 0 bridgehead atoms. The van der Waals surface area contributed by atoms with E-state index in [-0.39, 0.29) is 23.1 Å². The van der Waals surface area contributed by atoms with Crippen LogP contribution < -0.4 is 5.56 Å². The maximum absolute atomic E-state index is 12.6. The Labute approximate surface area is 121 Å². The van der Waals surface area contributed by atoms with Crippen LogP contribution in [0.3, 0.4) is 0 Å². The number of H-pyrrole nitrogens is 1. The van der Waals surface area contributed by atoms with Gasteiger partial charge in [0.15, 0.2) is 5.69 Å². The number of hydrogen-bond donors (Lipinski definition) is 2. The third-order valence-corrected chi connectivity index (χ3v) is 4.10. The number of carbonyl (C=O) groups excluding carboxylic acids is 1. The molecule has 0 aliphatic carbocycles. The van der Waals surface area contributed by atoms with E-state index < -0.39 is 6.10 Å². The van der Waals surface area contributed by atoms with Crippen molar-refractivity contribution in [2.45, 2.75) is 19.4 Å². The van der Waals surface area contributed by atoms with E-state index in [9.17, 15) is 14.7 Å². The largest absolute Gasteiger partial charge is 0.391 e. The smallest absolute Gasteiger partial charge is 0.275 e. The summed E-state index contributed by atoms with van der Waals surface area (Å²) in [5.41, 5.74) is -0.0820. The number of amides is 1. The van der Waals surface area contributed by atoms with Crippen LogP contribution >= 0.6 is 0 Å². The van der Waals surface area contributed by atoms with Gasteiger partial charge in [-0.25, -0.2) is 5.10 Å². The molecule has 0 saturated carbocycles. The zero-order valence-corrected chi connectivity index (χ0v) is 11.7. The lowest BCUT2D eigenvalue weighted by Gasteiger charge is -2.34. The second kappa shape index (κ2) is 5.29. The molecule has 1 saturated heterocycles. The number of carbonyl (C=O) groups is 1. The fourth-order valence-electron chi connectivity index (χ4n) is 2.66. The molecule has 2 heterocycles. The molecule has 1 aliphatic heterocycles. The van der Waals surface area contributed by atoms with E-state index >= 15 is 0 Å². The number of likely N-dealkylation sites (tertiary alicyclic amines) is 1. The van der Waals surface area contributed by atoms with Crippen molar-refractivity contribution in [2.75, 3.05) is 13.1 Å². The molecule has 1 aromatic carbocycles. The predicted molar refractivity (Wildman–Crippen MR) is 78.1 cm³/mol. The zero-order valence-electron chi connectivity index (χ0n) is 11.7. The number of aromatic amines is 1. The summed E-state index contributed by atoms with van der Waals surface area (Å²) in [6.45, 7) is 2.86. The highest BCUT2D eigenvalue weighted by molar-refractivity contribution is 6.04. The van der Waals surface area contributed by atoms with E-state index in [1.807, 2.05) is 6.92 Å². The fraction of sp³-hybridized carbons (Fsp3) is 0.400. The fourth-order valence-corrected chi connectivity index (χ4v) is 2.66. The Bertz CT molecular complexity index is 740. The normalized spacial score (nSPS) is 22.5. The van der Waals surface area contributed by atoms with Crippen LogP contribution in [-0.2, 0) is 0 Å². The molecule has 6 heteroatoms. The lowest BCUT2D eigenvalue weighted by molar-refractivity contribution is 0.0246. The number of benzene rings is 1. The number of hydrogen-bond acceptors (Lipinski definition) is 4. The lowest BCUT2D eigenvalue weighted by atomic mass is 9.95. The minimum absolute atomic E-state index is 0.189. The van der Waals surface area contributed by atoms with Crippen molar-refractivity contribution in [1.29, 1.82) is 0 Å².